The Balaban J connectivity index is 1.74. The fourth-order valence-electron chi connectivity index (χ4n) is 1.79. The number of hydrogen-bond donors (Lipinski definition) is 0. The lowest BCUT2D eigenvalue weighted by atomic mass is 10.2. The van der Waals surface area contributed by atoms with Crippen molar-refractivity contribution in [1.82, 2.24) is 10.2 Å². The molecule has 7 heteroatoms. The minimum atomic E-state index is -0.472. The van der Waals surface area contributed by atoms with Crippen LogP contribution in [-0.2, 0) is 6.61 Å². The lowest BCUT2D eigenvalue weighted by Crippen LogP contribution is -1.97. The Morgan fingerprint density at radius 1 is 1.18 bits per heavy atom. The van der Waals surface area contributed by atoms with Gasteiger partial charge in [-0.15, -0.1) is 10.2 Å². The summed E-state index contributed by atoms with van der Waals surface area (Å²) in [6.45, 7) is -0.0317. The van der Waals surface area contributed by atoms with Crippen LogP contribution in [0, 0.1) is 5.82 Å². The molecule has 0 radical (unpaired) electrons. The molecule has 0 aliphatic rings. The first-order valence-corrected chi connectivity index (χ1v) is 7.46. The first-order chi connectivity index (χ1) is 10.6. The van der Waals surface area contributed by atoms with Crippen molar-refractivity contribution in [2.24, 2.45) is 0 Å². The van der Waals surface area contributed by atoms with E-state index in [2.05, 4.69) is 26.1 Å². The van der Waals surface area contributed by atoms with Crippen molar-refractivity contribution in [1.29, 1.82) is 0 Å². The van der Waals surface area contributed by atoms with Crippen molar-refractivity contribution < 1.29 is 13.5 Å². The minimum absolute atomic E-state index is 0.0317. The van der Waals surface area contributed by atoms with Gasteiger partial charge in [0.2, 0.25) is 5.89 Å². The molecule has 1 aromatic heterocycles. The van der Waals surface area contributed by atoms with Crippen molar-refractivity contribution in [3.05, 3.63) is 63.7 Å². The Bertz CT molecular complexity index is 810. The van der Waals surface area contributed by atoms with E-state index in [9.17, 15) is 4.39 Å². The third-order valence-corrected chi connectivity index (χ3v) is 3.64. The normalized spacial score (nSPS) is 10.7. The zero-order valence-electron chi connectivity index (χ0n) is 11.1. The van der Waals surface area contributed by atoms with E-state index in [-0.39, 0.29) is 18.2 Å². The van der Waals surface area contributed by atoms with Gasteiger partial charge in [-0.2, -0.15) is 0 Å². The highest BCUT2D eigenvalue weighted by atomic mass is 79.9. The van der Waals surface area contributed by atoms with Gasteiger partial charge in [-0.25, -0.2) is 4.39 Å². The molecule has 0 atom stereocenters. The second-order valence-electron chi connectivity index (χ2n) is 4.34. The summed E-state index contributed by atoms with van der Waals surface area (Å²) in [6, 6.07) is 11.6. The van der Waals surface area contributed by atoms with E-state index in [0.29, 0.717) is 20.9 Å². The standard InChI is InChI=1S/C15H9BrClFN2O2/c16-9-5-6-13(12(18)7-9)21-8-14-19-20-15(22-14)10-3-1-2-4-11(10)17/h1-7H,8H2. The molecule has 2 aromatic carbocycles. The van der Waals surface area contributed by atoms with Crippen LogP contribution in [0.15, 0.2) is 51.4 Å². The molecule has 4 nitrogen and oxygen atoms in total. The third-order valence-electron chi connectivity index (χ3n) is 2.82. The molecule has 1 heterocycles. The van der Waals surface area contributed by atoms with Gasteiger partial charge in [0.05, 0.1) is 10.6 Å². The molecule has 0 aliphatic carbocycles. The van der Waals surface area contributed by atoms with E-state index < -0.39 is 5.82 Å². The van der Waals surface area contributed by atoms with Crippen molar-refractivity contribution in [2.45, 2.75) is 6.61 Å². The first kappa shape index (κ1) is 15.0. The monoisotopic (exact) mass is 382 g/mol. The average Bonchev–Trinajstić information content (AvgIpc) is 2.95. The summed E-state index contributed by atoms with van der Waals surface area (Å²) in [6.07, 6.45) is 0. The van der Waals surface area contributed by atoms with Crippen LogP contribution in [0.25, 0.3) is 11.5 Å². The van der Waals surface area contributed by atoms with Crippen LogP contribution < -0.4 is 4.74 Å². The number of aromatic nitrogens is 2. The van der Waals surface area contributed by atoms with Crippen LogP contribution in [0.5, 0.6) is 5.75 Å². The fourth-order valence-corrected chi connectivity index (χ4v) is 2.34. The van der Waals surface area contributed by atoms with Gasteiger partial charge < -0.3 is 9.15 Å². The Morgan fingerprint density at radius 3 is 2.77 bits per heavy atom. The van der Waals surface area contributed by atoms with Crippen molar-refractivity contribution in [3.8, 4) is 17.2 Å². The molecule has 0 unspecified atom stereocenters. The highest BCUT2D eigenvalue weighted by Crippen LogP contribution is 2.27. The maximum absolute atomic E-state index is 13.6. The van der Waals surface area contributed by atoms with Gasteiger partial charge in [-0.05, 0) is 30.3 Å². The molecule has 112 valence electrons. The Hall–Kier alpha value is -1.92. The quantitative estimate of drug-likeness (QED) is 0.645. The van der Waals surface area contributed by atoms with Gasteiger partial charge in [0.15, 0.2) is 18.2 Å². The predicted molar refractivity (Wildman–Crippen MR) is 83.2 cm³/mol. The minimum Gasteiger partial charge on any atom is -0.481 e. The maximum atomic E-state index is 13.6. The Morgan fingerprint density at radius 2 is 2.00 bits per heavy atom. The molecule has 0 amide bonds. The van der Waals surface area contributed by atoms with E-state index in [1.54, 1.807) is 18.2 Å². The fraction of sp³-hybridized carbons (Fsp3) is 0.0667. The van der Waals surface area contributed by atoms with Crippen molar-refractivity contribution >= 4 is 27.5 Å². The summed E-state index contributed by atoms with van der Waals surface area (Å²) in [5.41, 5.74) is 0.637. The van der Waals surface area contributed by atoms with Gasteiger partial charge in [-0.1, -0.05) is 39.7 Å². The molecule has 22 heavy (non-hydrogen) atoms. The van der Waals surface area contributed by atoms with Crippen LogP contribution >= 0.6 is 27.5 Å². The van der Waals surface area contributed by atoms with Crippen molar-refractivity contribution in [2.75, 3.05) is 0 Å². The molecule has 0 saturated heterocycles. The predicted octanol–water partition coefficient (Wildman–Crippen LogP) is 4.87. The van der Waals surface area contributed by atoms with E-state index >= 15 is 0 Å². The van der Waals surface area contributed by atoms with Gasteiger partial charge >= 0.3 is 0 Å². The van der Waals surface area contributed by atoms with Crippen LogP contribution in [0.4, 0.5) is 4.39 Å². The van der Waals surface area contributed by atoms with Crippen LogP contribution in [0.3, 0.4) is 0 Å². The molecule has 0 aliphatic heterocycles. The third kappa shape index (κ3) is 3.28. The molecule has 0 spiro atoms. The first-order valence-electron chi connectivity index (χ1n) is 6.28. The number of halogens is 3. The number of benzene rings is 2. The largest absolute Gasteiger partial charge is 0.481 e. The maximum Gasteiger partial charge on any atom is 0.254 e. The second kappa shape index (κ2) is 6.46. The number of hydrogen-bond acceptors (Lipinski definition) is 4. The molecule has 3 aromatic rings. The smallest absolute Gasteiger partial charge is 0.254 e. The van der Waals surface area contributed by atoms with Gasteiger partial charge in [-0.3, -0.25) is 0 Å². The van der Waals surface area contributed by atoms with E-state index in [4.69, 9.17) is 20.8 Å². The number of nitrogens with zero attached hydrogens (tertiary/aromatic N) is 2. The van der Waals surface area contributed by atoms with Gasteiger partial charge in [0, 0.05) is 4.47 Å². The molecule has 3 rings (SSSR count). The molecule has 0 bridgehead atoms. The summed E-state index contributed by atoms with van der Waals surface area (Å²) in [5.74, 6) is 0.165. The topological polar surface area (TPSA) is 48.2 Å². The summed E-state index contributed by atoms with van der Waals surface area (Å²) in [7, 11) is 0. The molecular formula is C15H9BrClFN2O2. The van der Waals surface area contributed by atoms with Gasteiger partial charge in [0.1, 0.15) is 0 Å². The number of ether oxygens (including phenoxy) is 1. The molecular weight excluding hydrogens is 375 g/mol. The molecule has 0 fully saturated rings. The van der Waals surface area contributed by atoms with Crippen LogP contribution in [0.1, 0.15) is 5.89 Å². The average molecular weight is 384 g/mol. The zero-order valence-corrected chi connectivity index (χ0v) is 13.4. The summed E-state index contributed by atoms with van der Waals surface area (Å²) in [5, 5.41) is 8.29. The van der Waals surface area contributed by atoms with Crippen LogP contribution in [0.2, 0.25) is 5.02 Å². The summed E-state index contributed by atoms with van der Waals surface area (Å²) >= 11 is 9.24. The van der Waals surface area contributed by atoms with E-state index in [1.807, 2.05) is 12.1 Å². The number of rotatable bonds is 4. The lowest BCUT2D eigenvalue weighted by Gasteiger charge is -2.04. The lowest BCUT2D eigenvalue weighted by molar-refractivity contribution is 0.253. The van der Waals surface area contributed by atoms with Crippen LogP contribution in [-0.4, -0.2) is 10.2 Å². The Labute approximate surface area is 139 Å². The Kier molecular flexibility index (Phi) is 4.40. The molecule has 0 N–H and O–H groups in total. The highest BCUT2D eigenvalue weighted by Gasteiger charge is 2.12. The summed E-state index contributed by atoms with van der Waals surface area (Å²) < 4.78 is 25.1. The van der Waals surface area contributed by atoms with E-state index in [0.717, 1.165) is 0 Å². The second-order valence-corrected chi connectivity index (χ2v) is 5.67. The summed E-state index contributed by atoms with van der Waals surface area (Å²) in [4.78, 5) is 0. The SMILES string of the molecule is Fc1cc(Br)ccc1OCc1nnc(-c2ccccc2Cl)o1. The molecule has 0 saturated carbocycles. The van der Waals surface area contributed by atoms with E-state index in [1.165, 1.54) is 12.1 Å². The van der Waals surface area contributed by atoms with Crippen molar-refractivity contribution in [3.63, 3.8) is 0 Å². The highest BCUT2D eigenvalue weighted by molar-refractivity contribution is 9.10. The van der Waals surface area contributed by atoms with Gasteiger partial charge in [0.25, 0.3) is 5.89 Å². The zero-order chi connectivity index (χ0) is 15.5.